The molecule has 0 aromatic carbocycles. The number of amides is 1. The molecule has 0 spiro atoms. The van der Waals surface area contributed by atoms with Gasteiger partial charge in [-0.25, -0.2) is 9.59 Å². The molecule has 1 heterocycles. The lowest BCUT2D eigenvalue weighted by Crippen LogP contribution is -2.44. The summed E-state index contributed by atoms with van der Waals surface area (Å²) in [6.07, 6.45) is 0.856. The number of hydrogen-bond donors (Lipinski definition) is 1. The number of carbonyl (C=O) groups excluding carboxylic acids is 1. The molecule has 0 unspecified atom stereocenters. The summed E-state index contributed by atoms with van der Waals surface area (Å²) in [4.78, 5) is 23.8. The molecule has 114 valence electrons. The summed E-state index contributed by atoms with van der Waals surface area (Å²) in [5.74, 6) is -2.95. The Morgan fingerprint density at radius 2 is 2.15 bits per heavy atom. The quantitative estimate of drug-likeness (QED) is 0.800. The average Bonchev–Trinajstić information content (AvgIpc) is 2.79. The van der Waals surface area contributed by atoms with E-state index in [1.165, 1.54) is 4.90 Å². The molecule has 0 radical (unpaired) electrons. The van der Waals surface area contributed by atoms with Gasteiger partial charge in [0.15, 0.2) is 0 Å². The normalized spacial score (nSPS) is 19.8. The van der Waals surface area contributed by atoms with Gasteiger partial charge in [-0.2, -0.15) is 4.39 Å². The van der Waals surface area contributed by atoms with E-state index in [2.05, 4.69) is 0 Å². The molecule has 1 saturated heterocycles. The van der Waals surface area contributed by atoms with Crippen LogP contribution in [0.2, 0.25) is 0 Å². The van der Waals surface area contributed by atoms with Gasteiger partial charge in [0, 0.05) is 13.2 Å². The standard InChI is InChI=1S/C13H20FNO5/c1-13(2,3)20-12(18)15(9-5-7-19-8-9)6-4-10(14)11(16)17/h4,9H,5-8H2,1-3H3,(H,16,17)/b10-4-/t9-/m1/s1. The molecule has 1 amide bonds. The van der Waals surface area contributed by atoms with Crippen LogP contribution in [-0.4, -0.2) is 53.5 Å². The van der Waals surface area contributed by atoms with E-state index in [1.807, 2.05) is 0 Å². The van der Waals surface area contributed by atoms with Crippen molar-refractivity contribution in [3.63, 3.8) is 0 Å². The summed E-state index contributed by atoms with van der Waals surface area (Å²) in [6.45, 7) is 5.85. The second-order valence-corrected chi connectivity index (χ2v) is 5.51. The van der Waals surface area contributed by atoms with Crippen molar-refractivity contribution in [3.05, 3.63) is 11.9 Å². The molecular formula is C13H20FNO5. The summed E-state index contributed by atoms with van der Waals surface area (Å²) < 4.78 is 23.5. The summed E-state index contributed by atoms with van der Waals surface area (Å²) in [5, 5.41) is 8.48. The van der Waals surface area contributed by atoms with Crippen LogP contribution in [0, 0.1) is 0 Å². The topological polar surface area (TPSA) is 76.1 Å². The predicted octanol–water partition coefficient (Wildman–Crippen LogP) is 1.95. The van der Waals surface area contributed by atoms with Gasteiger partial charge in [0.25, 0.3) is 0 Å². The van der Waals surface area contributed by atoms with Gasteiger partial charge < -0.3 is 14.6 Å². The number of carboxylic acids is 1. The van der Waals surface area contributed by atoms with Crippen molar-refractivity contribution >= 4 is 12.1 Å². The maximum absolute atomic E-state index is 13.0. The molecule has 1 atom stereocenters. The maximum atomic E-state index is 13.0. The first kappa shape index (κ1) is 16.4. The van der Waals surface area contributed by atoms with Crippen LogP contribution >= 0.6 is 0 Å². The van der Waals surface area contributed by atoms with Crippen molar-refractivity contribution in [1.29, 1.82) is 0 Å². The van der Waals surface area contributed by atoms with E-state index in [9.17, 15) is 14.0 Å². The predicted molar refractivity (Wildman–Crippen MR) is 69.0 cm³/mol. The fourth-order valence-electron chi connectivity index (χ4n) is 1.73. The molecule has 0 saturated carbocycles. The Labute approximate surface area is 117 Å². The number of hydrogen-bond acceptors (Lipinski definition) is 4. The van der Waals surface area contributed by atoms with Crippen molar-refractivity contribution in [2.45, 2.75) is 38.8 Å². The monoisotopic (exact) mass is 289 g/mol. The third-order valence-electron chi connectivity index (χ3n) is 2.65. The number of carbonyl (C=O) groups is 2. The Bertz CT molecular complexity index is 396. The van der Waals surface area contributed by atoms with Gasteiger partial charge in [0.2, 0.25) is 5.83 Å². The van der Waals surface area contributed by atoms with E-state index < -0.39 is 23.5 Å². The fourth-order valence-corrected chi connectivity index (χ4v) is 1.73. The van der Waals surface area contributed by atoms with Gasteiger partial charge in [-0.05, 0) is 33.3 Å². The third kappa shape index (κ3) is 5.16. The van der Waals surface area contributed by atoms with Crippen LogP contribution in [0.3, 0.4) is 0 Å². The number of carboxylic acid groups (broad SMARTS) is 1. The minimum Gasteiger partial charge on any atom is -0.476 e. The summed E-state index contributed by atoms with van der Waals surface area (Å²) in [5.41, 5.74) is -0.677. The Balaban J connectivity index is 2.77. The lowest BCUT2D eigenvalue weighted by atomic mass is 10.2. The van der Waals surface area contributed by atoms with Crippen molar-refractivity contribution in [3.8, 4) is 0 Å². The molecule has 1 aliphatic rings. The van der Waals surface area contributed by atoms with E-state index in [-0.39, 0.29) is 12.6 Å². The van der Waals surface area contributed by atoms with Gasteiger partial charge >= 0.3 is 12.1 Å². The smallest absolute Gasteiger partial charge is 0.410 e. The Morgan fingerprint density at radius 3 is 2.60 bits per heavy atom. The maximum Gasteiger partial charge on any atom is 0.410 e. The number of aliphatic carboxylic acids is 1. The number of halogens is 1. The summed E-state index contributed by atoms with van der Waals surface area (Å²) in [6, 6.07) is -0.234. The minimum atomic E-state index is -1.66. The molecular weight excluding hydrogens is 269 g/mol. The minimum absolute atomic E-state index is 0.166. The van der Waals surface area contributed by atoms with E-state index >= 15 is 0 Å². The van der Waals surface area contributed by atoms with Crippen LogP contribution in [0.25, 0.3) is 0 Å². The van der Waals surface area contributed by atoms with Crippen LogP contribution in [0.5, 0.6) is 0 Å². The fraction of sp³-hybridized carbons (Fsp3) is 0.692. The van der Waals surface area contributed by atoms with Crippen molar-refractivity contribution in [2.24, 2.45) is 0 Å². The molecule has 1 aliphatic heterocycles. The van der Waals surface area contributed by atoms with Crippen LogP contribution in [0.15, 0.2) is 11.9 Å². The first-order valence-electron chi connectivity index (χ1n) is 6.37. The second-order valence-electron chi connectivity index (χ2n) is 5.51. The van der Waals surface area contributed by atoms with Crippen LogP contribution in [-0.2, 0) is 14.3 Å². The second kappa shape index (κ2) is 6.69. The zero-order valence-electron chi connectivity index (χ0n) is 11.9. The third-order valence-corrected chi connectivity index (χ3v) is 2.65. The zero-order valence-corrected chi connectivity index (χ0v) is 11.9. The highest BCUT2D eigenvalue weighted by Gasteiger charge is 2.30. The van der Waals surface area contributed by atoms with Gasteiger partial charge in [-0.3, -0.25) is 4.90 Å². The van der Waals surface area contributed by atoms with E-state index in [1.54, 1.807) is 20.8 Å². The Kier molecular flexibility index (Phi) is 5.50. The molecule has 0 bridgehead atoms. The van der Waals surface area contributed by atoms with Gasteiger partial charge in [0.05, 0.1) is 12.6 Å². The van der Waals surface area contributed by atoms with Gasteiger partial charge in [0.1, 0.15) is 5.60 Å². The first-order valence-corrected chi connectivity index (χ1v) is 6.37. The molecule has 0 aromatic rings. The summed E-state index contributed by atoms with van der Waals surface area (Å²) in [7, 11) is 0. The zero-order chi connectivity index (χ0) is 15.3. The Hall–Kier alpha value is -1.63. The molecule has 0 aliphatic carbocycles. The molecule has 1 fully saturated rings. The van der Waals surface area contributed by atoms with Crippen LogP contribution in [0.1, 0.15) is 27.2 Å². The molecule has 7 heteroatoms. The highest BCUT2D eigenvalue weighted by atomic mass is 19.1. The summed E-state index contributed by atoms with van der Waals surface area (Å²) >= 11 is 0. The molecule has 6 nitrogen and oxygen atoms in total. The van der Waals surface area contributed by atoms with Gasteiger partial charge in [-0.15, -0.1) is 0 Å². The molecule has 0 aromatic heterocycles. The SMILES string of the molecule is CC(C)(C)OC(=O)N(C/C=C(\F)C(=O)O)[C@@H]1CCOC1. The number of ether oxygens (including phenoxy) is 2. The molecule has 1 rings (SSSR count). The van der Waals surface area contributed by atoms with E-state index in [4.69, 9.17) is 14.6 Å². The van der Waals surface area contributed by atoms with E-state index in [0.717, 1.165) is 6.08 Å². The average molecular weight is 289 g/mol. The highest BCUT2D eigenvalue weighted by molar-refractivity contribution is 5.84. The van der Waals surface area contributed by atoms with Gasteiger partial charge in [-0.1, -0.05) is 0 Å². The lowest BCUT2D eigenvalue weighted by molar-refractivity contribution is -0.134. The molecule has 20 heavy (non-hydrogen) atoms. The van der Waals surface area contributed by atoms with Crippen LogP contribution in [0.4, 0.5) is 9.18 Å². The van der Waals surface area contributed by atoms with Crippen LogP contribution < -0.4 is 0 Å². The van der Waals surface area contributed by atoms with Crippen molar-refractivity contribution in [2.75, 3.05) is 19.8 Å². The van der Waals surface area contributed by atoms with Crippen molar-refractivity contribution in [1.82, 2.24) is 4.90 Å². The largest absolute Gasteiger partial charge is 0.476 e. The highest BCUT2D eigenvalue weighted by Crippen LogP contribution is 2.17. The van der Waals surface area contributed by atoms with E-state index in [0.29, 0.717) is 19.6 Å². The number of rotatable bonds is 4. The lowest BCUT2D eigenvalue weighted by Gasteiger charge is -2.30. The first-order chi connectivity index (χ1) is 9.20. The molecule has 1 N–H and O–H groups in total. The number of nitrogens with zero attached hydrogens (tertiary/aromatic N) is 1. The Morgan fingerprint density at radius 1 is 1.50 bits per heavy atom. The van der Waals surface area contributed by atoms with Crippen molar-refractivity contribution < 1.29 is 28.6 Å².